The normalized spacial score (nSPS) is 13.5. The predicted molar refractivity (Wildman–Crippen MR) is 145 cm³/mol. The predicted octanol–water partition coefficient (Wildman–Crippen LogP) is 6.19. The van der Waals surface area contributed by atoms with Crippen molar-refractivity contribution in [3.8, 4) is 11.3 Å². The summed E-state index contributed by atoms with van der Waals surface area (Å²) in [5.74, 6) is -1.83. The Balaban J connectivity index is 1.91. The van der Waals surface area contributed by atoms with Gasteiger partial charge in [-0.1, -0.05) is 52.7 Å². The second-order valence-corrected chi connectivity index (χ2v) is 11.3. The van der Waals surface area contributed by atoms with Crippen LogP contribution in [0.4, 0.5) is 23.1 Å². The van der Waals surface area contributed by atoms with E-state index in [1.54, 1.807) is 17.6 Å². The van der Waals surface area contributed by atoms with E-state index in [1.165, 1.54) is 23.0 Å². The van der Waals surface area contributed by atoms with Crippen LogP contribution in [0.3, 0.4) is 0 Å². The summed E-state index contributed by atoms with van der Waals surface area (Å²) in [4.78, 5) is 43.8. The van der Waals surface area contributed by atoms with Gasteiger partial charge in [-0.3, -0.25) is 24.5 Å². The number of amides is 2. The molecule has 9 nitrogen and oxygen atoms in total. The van der Waals surface area contributed by atoms with Crippen molar-refractivity contribution in [2.24, 2.45) is 5.41 Å². The first kappa shape index (κ1) is 30.8. The summed E-state index contributed by atoms with van der Waals surface area (Å²) >= 11 is 1.14. The highest BCUT2D eigenvalue weighted by molar-refractivity contribution is 7.13. The molecule has 2 amide bonds. The van der Waals surface area contributed by atoms with Gasteiger partial charge in [-0.15, -0.1) is 11.3 Å². The van der Waals surface area contributed by atoms with E-state index in [2.05, 4.69) is 15.4 Å². The lowest BCUT2D eigenvalue weighted by atomic mass is 9.84. The Kier molecular flexibility index (Phi) is 9.72. The fourth-order valence-electron chi connectivity index (χ4n) is 4.28. The van der Waals surface area contributed by atoms with Gasteiger partial charge in [0.25, 0.3) is 5.91 Å². The van der Waals surface area contributed by atoms with E-state index in [1.807, 2.05) is 27.7 Å². The van der Waals surface area contributed by atoms with Crippen LogP contribution in [-0.2, 0) is 22.3 Å². The first-order chi connectivity index (χ1) is 18.7. The molecule has 0 fully saturated rings. The number of rotatable bonds is 11. The van der Waals surface area contributed by atoms with Crippen LogP contribution in [0.2, 0.25) is 0 Å². The third-order valence-electron chi connectivity index (χ3n) is 6.41. The largest absolute Gasteiger partial charge is 0.465 e. The Morgan fingerprint density at radius 2 is 1.80 bits per heavy atom. The van der Waals surface area contributed by atoms with Gasteiger partial charge in [0, 0.05) is 23.3 Å². The summed E-state index contributed by atoms with van der Waals surface area (Å²) in [6.07, 6.45) is -1.39. The summed E-state index contributed by atoms with van der Waals surface area (Å²) in [6.45, 7) is 7.41. The van der Waals surface area contributed by atoms with Gasteiger partial charge >= 0.3 is 12.3 Å². The van der Waals surface area contributed by atoms with Crippen molar-refractivity contribution in [2.75, 3.05) is 5.32 Å². The molecule has 2 aromatic heterocycles. The number of Topliss-reactive ketones (excluding diaryl/α,β-unsaturated/α-hetero) is 1. The zero-order chi connectivity index (χ0) is 29.7. The summed E-state index contributed by atoms with van der Waals surface area (Å²) in [5, 5.41) is 19.1. The van der Waals surface area contributed by atoms with Crippen LogP contribution in [0.25, 0.3) is 11.3 Å². The van der Waals surface area contributed by atoms with Gasteiger partial charge in [0.15, 0.2) is 5.13 Å². The fraction of sp³-hybridized carbons (Fsp3) is 0.444. The molecule has 0 aliphatic rings. The van der Waals surface area contributed by atoms with E-state index >= 15 is 0 Å². The lowest BCUT2D eigenvalue weighted by molar-refractivity contribution is -0.139. The lowest BCUT2D eigenvalue weighted by Crippen LogP contribution is -2.57. The van der Waals surface area contributed by atoms with Crippen molar-refractivity contribution in [1.82, 2.24) is 19.7 Å². The zero-order valence-corrected chi connectivity index (χ0v) is 23.4. The third-order valence-corrected chi connectivity index (χ3v) is 7.10. The minimum absolute atomic E-state index is 0.0421. The van der Waals surface area contributed by atoms with Gasteiger partial charge in [-0.25, -0.2) is 9.78 Å². The number of ketones is 1. The van der Waals surface area contributed by atoms with E-state index in [-0.39, 0.29) is 18.1 Å². The van der Waals surface area contributed by atoms with E-state index in [4.69, 9.17) is 0 Å². The third kappa shape index (κ3) is 7.68. The van der Waals surface area contributed by atoms with Gasteiger partial charge < -0.3 is 5.11 Å². The average Bonchev–Trinajstić information content (AvgIpc) is 3.56. The SMILES string of the molecule is CCCC[C@@H](C(=O)C(=O)Nc1nccs1)N(C(=O)O)C(Cn1ccc(-c2ccc(C(F)(F)F)cc2)n1)C(C)(C)C. The molecule has 0 radical (unpaired) electrons. The zero-order valence-electron chi connectivity index (χ0n) is 22.6. The Morgan fingerprint density at radius 3 is 2.33 bits per heavy atom. The van der Waals surface area contributed by atoms with Crippen LogP contribution < -0.4 is 5.32 Å². The van der Waals surface area contributed by atoms with Crippen LogP contribution in [0, 0.1) is 5.41 Å². The number of carbonyl (C=O) groups excluding carboxylic acids is 2. The quantitative estimate of drug-likeness (QED) is 0.262. The molecule has 2 atom stereocenters. The minimum atomic E-state index is -4.46. The number of halogens is 3. The molecule has 13 heteroatoms. The second kappa shape index (κ2) is 12.6. The van der Waals surface area contributed by atoms with Crippen LogP contribution in [0.5, 0.6) is 0 Å². The number of alkyl halides is 3. The van der Waals surface area contributed by atoms with Gasteiger partial charge in [-0.2, -0.15) is 18.3 Å². The van der Waals surface area contributed by atoms with Crippen molar-refractivity contribution in [3.05, 3.63) is 53.7 Å². The van der Waals surface area contributed by atoms with Crippen LogP contribution >= 0.6 is 11.3 Å². The monoisotopic (exact) mass is 579 g/mol. The number of nitrogens with one attached hydrogen (secondary N) is 1. The number of hydrogen-bond donors (Lipinski definition) is 2. The van der Waals surface area contributed by atoms with E-state index in [0.717, 1.165) is 28.4 Å². The first-order valence-corrected chi connectivity index (χ1v) is 13.6. The fourth-order valence-corrected chi connectivity index (χ4v) is 4.80. The maximum atomic E-state index is 13.3. The Labute approximate surface area is 234 Å². The van der Waals surface area contributed by atoms with Gasteiger partial charge in [0.2, 0.25) is 5.78 Å². The van der Waals surface area contributed by atoms with Crippen LogP contribution in [-0.4, -0.2) is 54.6 Å². The van der Waals surface area contributed by atoms with Gasteiger partial charge in [-0.05, 0) is 30.0 Å². The lowest BCUT2D eigenvalue weighted by Gasteiger charge is -2.42. The molecule has 0 saturated heterocycles. The topological polar surface area (TPSA) is 117 Å². The molecule has 216 valence electrons. The summed E-state index contributed by atoms with van der Waals surface area (Å²) in [7, 11) is 0. The number of carbonyl (C=O) groups is 3. The number of unbranched alkanes of at least 4 members (excludes halogenated alkanes) is 1. The second-order valence-electron chi connectivity index (χ2n) is 10.4. The Hall–Kier alpha value is -3.74. The molecule has 40 heavy (non-hydrogen) atoms. The number of anilines is 1. The molecule has 3 aromatic rings. The van der Waals surface area contributed by atoms with Crippen LogP contribution in [0.1, 0.15) is 52.5 Å². The molecular weight excluding hydrogens is 547 g/mol. The Bertz CT molecular complexity index is 1300. The van der Waals surface area contributed by atoms with E-state index in [0.29, 0.717) is 24.1 Å². The van der Waals surface area contributed by atoms with Crippen molar-refractivity contribution < 1.29 is 32.7 Å². The van der Waals surface area contributed by atoms with Gasteiger partial charge in [0.1, 0.15) is 6.04 Å². The van der Waals surface area contributed by atoms with Crippen molar-refractivity contribution in [1.29, 1.82) is 0 Å². The minimum Gasteiger partial charge on any atom is -0.465 e. The number of hydrogen-bond acceptors (Lipinski definition) is 6. The summed E-state index contributed by atoms with van der Waals surface area (Å²) in [6, 6.07) is 4.17. The number of carboxylic acid groups (broad SMARTS) is 1. The molecule has 3 rings (SSSR count). The first-order valence-electron chi connectivity index (χ1n) is 12.7. The standard InChI is InChI=1S/C27H32F3N5O4S/c1-5-6-7-20(22(36)23(37)32-24-31-13-15-40-24)35(25(38)39)21(26(2,3)4)16-34-14-12-19(33-34)17-8-10-18(11-9-17)27(28,29)30/h8-15,20-21H,5-7,16H2,1-4H3,(H,38,39)(H,31,32,37)/t20-,21?/m0/s1. The molecule has 0 aliphatic heterocycles. The highest BCUT2D eigenvalue weighted by atomic mass is 32.1. The Morgan fingerprint density at radius 1 is 1.12 bits per heavy atom. The molecule has 1 unspecified atom stereocenters. The smallest absolute Gasteiger partial charge is 0.416 e. The van der Waals surface area contributed by atoms with Crippen LogP contribution in [0.15, 0.2) is 48.1 Å². The molecule has 1 aromatic carbocycles. The molecule has 0 saturated carbocycles. The number of aromatic nitrogens is 3. The number of nitrogens with zero attached hydrogens (tertiary/aromatic N) is 4. The van der Waals surface area contributed by atoms with Crippen molar-refractivity contribution >= 4 is 34.3 Å². The molecular formula is C27H32F3N5O4S. The summed E-state index contributed by atoms with van der Waals surface area (Å²) < 4.78 is 40.3. The number of thiazole rings is 1. The molecule has 2 heterocycles. The summed E-state index contributed by atoms with van der Waals surface area (Å²) in [5.41, 5.74) is -0.592. The van der Waals surface area contributed by atoms with Gasteiger partial charge in [0.05, 0.1) is 23.8 Å². The average molecular weight is 580 g/mol. The maximum Gasteiger partial charge on any atom is 0.416 e. The highest BCUT2D eigenvalue weighted by Crippen LogP contribution is 2.32. The molecule has 0 aliphatic carbocycles. The van der Waals surface area contributed by atoms with E-state index < -0.39 is 47.0 Å². The molecule has 2 N–H and O–H groups in total. The number of benzene rings is 1. The van der Waals surface area contributed by atoms with Crippen molar-refractivity contribution in [3.63, 3.8) is 0 Å². The van der Waals surface area contributed by atoms with E-state index in [9.17, 15) is 32.7 Å². The highest BCUT2D eigenvalue weighted by Gasteiger charge is 2.42. The maximum absolute atomic E-state index is 13.3. The van der Waals surface area contributed by atoms with Crippen molar-refractivity contribution in [2.45, 2.75) is 71.8 Å². The molecule has 0 spiro atoms. The molecule has 0 bridgehead atoms.